The van der Waals surface area contributed by atoms with Crippen LogP contribution in [0.2, 0.25) is 0 Å². The number of carbonyl (C=O) groups excluding carboxylic acids is 2. The summed E-state index contributed by atoms with van der Waals surface area (Å²) in [7, 11) is 0. The molecule has 1 aliphatic rings. The molecule has 192 valence electrons. The van der Waals surface area contributed by atoms with Crippen LogP contribution in [-0.2, 0) is 17.6 Å². The molecule has 6 nitrogen and oxygen atoms in total. The summed E-state index contributed by atoms with van der Waals surface area (Å²) in [6, 6.07) is 18.0. The Morgan fingerprint density at radius 1 is 1.16 bits per heavy atom. The Morgan fingerprint density at radius 3 is 2.74 bits per heavy atom. The van der Waals surface area contributed by atoms with E-state index in [9.17, 15) is 14.9 Å². The largest absolute Gasteiger partial charge is 0.326 e. The number of ketones is 1. The number of nitrogens with one attached hydrogen (secondary N) is 1. The molecule has 1 N–H and O–H groups in total. The molecule has 0 saturated carbocycles. The number of Topliss-reactive ketones (excluding diaryl/α,β-unsaturated/α-hetero) is 1. The number of nitriles is 1. The molecule has 0 unspecified atom stereocenters. The van der Waals surface area contributed by atoms with Gasteiger partial charge in [0.2, 0.25) is 5.91 Å². The van der Waals surface area contributed by atoms with Gasteiger partial charge < -0.3 is 5.32 Å². The van der Waals surface area contributed by atoms with Crippen molar-refractivity contribution in [3.63, 3.8) is 0 Å². The van der Waals surface area contributed by atoms with Gasteiger partial charge in [0.05, 0.1) is 21.5 Å². The zero-order chi connectivity index (χ0) is 26.9. The zero-order valence-electron chi connectivity index (χ0n) is 21.6. The van der Waals surface area contributed by atoms with E-state index in [0.29, 0.717) is 41.2 Å². The number of thioether (sulfide) groups is 1. The molecule has 0 atom stereocenters. The zero-order valence-corrected chi connectivity index (χ0v) is 23.3. The van der Waals surface area contributed by atoms with E-state index >= 15 is 0 Å². The number of fused-ring (bicyclic) bond motifs is 2. The smallest absolute Gasteiger partial charge is 0.225 e. The number of aromatic nitrogens is 2. The lowest BCUT2D eigenvalue weighted by molar-refractivity contribution is -0.115. The third kappa shape index (κ3) is 5.35. The maximum Gasteiger partial charge on any atom is 0.225 e. The molecule has 2 aromatic carbocycles. The van der Waals surface area contributed by atoms with Gasteiger partial charge in [0.25, 0.3) is 0 Å². The van der Waals surface area contributed by atoms with Crippen molar-refractivity contribution in [1.82, 2.24) is 9.97 Å². The SMILES string of the molecule is CCc1c(C#N)c(SCCC(=O)Nc2cccc(-c3nc4ccccc4s3)c2)nc2c1C(=O)CC(C)(C)C2. The molecule has 1 amide bonds. The standard InChI is InChI=1S/C30H28N4O2S2/c1-4-20-21(17-31)29(34-23-15-30(2,3)16-24(35)27(20)23)37-13-12-26(36)32-19-9-7-8-18(14-19)28-33-22-10-5-6-11-25(22)38-28/h5-11,14H,4,12-13,15-16H2,1-3H3,(H,32,36). The number of pyridine rings is 1. The number of nitrogens with zero attached hydrogens (tertiary/aromatic N) is 3. The van der Waals surface area contributed by atoms with E-state index in [-0.39, 0.29) is 23.5 Å². The first-order chi connectivity index (χ1) is 18.3. The number of thiazole rings is 1. The van der Waals surface area contributed by atoms with Crippen LogP contribution in [0.1, 0.15) is 60.8 Å². The predicted octanol–water partition coefficient (Wildman–Crippen LogP) is 7.07. The number of hydrogen-bond acceptors (Lipinski definition) is 7. The molecular weight excluding hydrogens is 512 g/mol. The molecule has 5 rings (SSSR count). The van der Waals surface area contributed by atoms with Crippen LogP contribution in [0, 0.1) is 16.7 Å². The lowest BCUT2D eigenvalue weighted by atomic mass is 9.74. The van der Waals surface area contributed by atoms with Crippen molar-refractivity contribution in [2.45, 2.75) is 51.5 Å². The molecule has 8 heteroatoms. The van der Waals surface area contributed by atoms with Crippen molar-refractivity contribution in [2.75, 3.05) is 11.1 Å². The molecule has 0 bridgehead atoms. The highest BCUT2D eigenvalue weighted by atomic mass is 32.2. The van der Waals surface area contributed by atoms with E-state index in [4.69, 9.17) is 9.97 Å². The molecule has 38 heavy (non-hydrogen) atoms. The molecule has 2 heterocycles. The average Bonchev–Trinajstić information content (AvgIpc) is 3.32. The summed E-state index contributed by atoms with van der Waals surface area (Å²) in [6.45, 7) is 6.11. The summed E-state index contributed by atoms with van der Waals surface area (Å²) in [5.41, 5.74) is 5.16. The van der Waals surface area contributed by atoms with Crippen LogP contribution in [-0.4, -0.2) is 27.4 Å². The molecule has 0 aliphatic heterocycles. The van der Waals surface area contributed by atoms with Crippen molar-refractivity contribution in [1.29, 1.82) is 5.26 Å². The van der Waals surface area contributed by atoms with Gasteiger partial charge in [-0.25, -0.2) is 9.97 Å². The summed E-state index contributed by atoms with van der Waals surface area (Å²) >= 11 is 3.03. The predicted molar refractivity (Wildman–Crippen MR) is 154 cm³/mol. The molecule has 1 aliphatic carbocycles. The first-order valence-corrected chi connectivity index (χ1v) is 14.5. The summed E-state index contributed by atoms with van der Waals surface area (Å²) in [4.78, 5) is 35.1. The molecule has 0 saturated heterocycles. The fourth-order valence-electron chi connectivity index (χ4n) is 4.92. The van der Waals surface area contributed by atoms with E-state index < -0.39 is 0 Å². The van der Waals surface area contributed by atoms with Crippen LogP contribution in [0.25, 0.3) is 20.8 Å². The van der Waals surface area contributed by atoms with E-state index in [1.807, 2.05) is 49.4 Å². The van der Waals surface area contributed by atoms with Gasteiger partial charge in [0, 0.05) is 35.4 Å². The topological polar surface area (TPSA) is 95.7 Å². The second-order valence-corrected chi connectivity index (χ2v) is 12.3. The average molecular weight is 541 g/mol. The third-order valence-electron chi connectivity index (χ3n) is 6.63. The second kappa shape index (κ2) is 10.7. The molecule has 0 fully saturated rings. The second-order valence-electron chi connectivity index (χ2n) is 10.2. The Morgan fingerprint density at radius 2 is 1.97 bits per heavy atom. The van der Waals surface area contributed by atoms with Crippen molar-refractivity contribution in [3.05, 3.63) is 70.9 Å². The first kappa shape index (κ1) is 26.1. The summed E-state index contributed by atoms with van der Waals surface area (Å²) < 4.78 is 1.13. The van der Waals surface area contributed by atoms with Crippen molar-refractivity contribution in [2.24, 2.45) is 5.41 Å². The van der Waals surface area contributed by atoms with Crippen LogP contribution in [0.3, 0.4) is 0 Å². The summed E-state index contributed by atoms with van der Waals surface area (Å²) in [5, 5.41) is 14.4. The normalized spacial score (nSPS) is 14.2. The molecule has 2 aromatic heterocycles. The number of amides is 1. The third-order valence-corrected chi connectivity index (χ3v) is 8.69. The van der Waals surface area contributed by atoms with E-state index in [1.54, 1.807) is 11.3 Å². The minimum atomic E-state index is -0.155. The maximum atomic E-state index is 12.9. The van der Waals surface area contributed by atoms with Gasteiger partial charge in [-0.05, 0) is 48.1 Å². The number of benzene rings is 2. The molecule has 4 aromatic rings. The van der Waals surface area contributed by atoms with Crippen LogP contribution < -0.4 is 5.32 Å². The highest BCUT2D eigenvalue weighted by Crippen LogP contribution is 2.38. The van der Waals surface area contributed by atoms with Crippen molar-refractivity contribution < 1.29 is 9.59 Å². The van der Waals surface area contributed by atoms with E-state index in [0.717, 1.165) is 37.7 Å². The Hall–Kier alpha value is -3.54. The minimum Gasteiger partial charge on any atom is -0.326 e. The number of hydrogen-bond donors (Lipinski definition) is 1. The van der Waals surface area contributed by atoms with Gasteiger partial charge >= 0.3 is 0 Å². The Balaban J connectivity index is 1.27. The quantitative estimate of drug-likeness (QED) is 0.252. The molecular formula is C30H28N4O2S2. The lowest BCUT2D eigenvalue weighted by Crippen LogP contribution is -2.29. The van der Waals surface area contributed by atoms with Crippen molar-refractivity contribution >= 4 is 50.7 Å². The van der Waals surface area contributed by atoms with Crippen LogP contribution in [0.15, 0.2) is 53.6 Å². The van der Waals surface area contributed by atoms with E-state index in [1.165, 1.54) is 11.8 Å². The number of carbonyl (C=O) groups is 2. The number of anilines is 1. The lowest BCUT2D eigenvalue weighted by Gasteiger charge is -2.31. The van der Waals surface area contributed by atoms with Gasteiger partial charge in [-0.15, -0.1) is 23.1 Å². The van der Waals surface area contributed by atoms with Gasteiger partial charge in [-0.3, -0.25) is 9.59 Å². The first-order valence-electron chi connectivity index (χ1n) is 12.7. The van der Waals surface area contributed by atoms with E-state index in [2.05, 4.69) is 31.3 Å². The highest BCUT2D eigenvalue weighted by molar-refractivity contribution is 7.99. The van der Waals surface area contributed by atoms with Crippen molar-refractivity contribution in [3.8, 4) is 16.6 Å². The molecule has 0 spiro atoms. The van der Waals surface area contributed by atoms with Crippen LogP contribution in [0.4, 0.5) is 5.69 Å². The Bertz CT molecular complexity index is 1570. The Kier molecular flexibility index (Phi) is 7.33. The monoisotopic (exact) mass is 540 g/mol. The number of rotatable bonds is 7. The molecule has 0 radical (unpaired) electrons. The Labute approximate surface area is 230 Å². The highest BCUT2D eigenvalue weighted by Gasteiger charge is 2.35. The fraction of sp³-hybridized carbons (Fsp3) is 0.300. The summed E-state index contributed by atoms with van der Waals surface area (Å²) in [6.07, 6.45) is 2.03. The minimum absolute atomic E-state index is 0.0705. The maximum absolute atomic E-state index is 12.9. The number of para-hydroxylation sites is 1. The van der Waals surface area contributed by atoms with Crippen LogP contribution >= 0.6 is 23.1 Å². The van der Waals surface area contributed by atoms with Crippen LogP contribution in [0.5, 0.6) is 0 Å². The fourth-order valence-corrected chi connectivity index (χ4v) is 6.85. The van der Waals surface area contributed by atoms with Gasteiger partial charge in [0.15, 0.2) is 5.78 Å². The summed E-state index contributed by atoms with van der Waals surface area (Å²) in [5.74, 6) is 0.438. The van der Waals surface area contributed by atoms with Gasteiger partial charge in [-0.1, -0.05) is 45.0 Å². The van der Waals surface area contributed by atoms with Gasteiger partial charge in [-0.2, -0.15) is 5.26 Å². The van der Waals surface area contributed by atoms with Gasteiger partial charge in [0.1, 0.15) is 16.1 Å².